The van der Waals surface area contributed by atoms with Crippen molar-refractivity contribution >= 4 is 82.1 Å². The summed E-state index contributed by atoms with van der Waals surface area (Å²) in [4.78, 5) is 2.41. The van der Waals surface area contributed by atoms with Crippen LogP contribution in [0.15, 0.2) is 253 Å². The fourth-order valence-electron chi connectivity index (χ4n) is 10.4. The Labute approximate surface area is 382 Å². The van der Waals surface area contributed by atoms with Gasteiger partial charge in [0.25, 0.3) is 0 Å². The molecule has 1 heterocycles. The molecule has 0 saturated carbocycles. The highest BCUT2D eigenvalue weighted by atomic mass is 16.3. The van der Waals surface area contributed by atoms with Crippen LogP contribution in [0.4, 0.5) is 17.1 Å². The van der Waals surface area contributed by atoms with E-state index in [1.807, 2.05) is 12.1 Å². The Morgan fingerprint density at radius 2 is 0.803 bits per heavy atom. The van der Waals surface area contributed by atoms with Crippen LogP contribution in [0.2, 0.25) is 0 Å². The van der Waals surface area contributed by atoms with Gasteiger partial charge in [-0.2, -0.15) is 0 Å². The Bertz CT molecular complexity index is 3980. The quantitative estimate of drug-likeness (QED) is 0.149. The molecule has 0 atom stereocenters. The van der Waals surface area contributed by atoms with Crippen LogP contribution in [-0.2, 0) is 0 Å². The predicted molar refractivity (Wildman–Crippen MR) is 280 cm³/mol. The summed E-state index contributed by atoms with van der Waals surface area (Å²) in [6.45, 7) is 0. The Kier molecular flexibility index (Phi) is 8.89. The largest absolute Gasteiger partial charge is 0.456 e. The van der Waals surface area contributed by atoms with Gasteiger partial charge in [-0.3, -0.25) is 0 Å². The highest BCUT2D eigenvalue weighted by molar-refractivity contribution is 6.22. The molecule has 13 rings (SSSR count). The summed E-state index contributed by atoms with van der Waals surface area (Å²) in [5.41, 5.74) is 14.5. The van der Waals surface area contributed by atoms with E-state index in [4.69, 9.17) is 4.42 Å². The van der Waals surface area contributed by atoms with Gasteiger partial charge in [0, 0.05) is 27.7 Å². The van der Waals surface area contributed by atoms with Gasteiger partial charge in [-0.05, 0) is 131 Å². The molecule has 2 heteroatoms. The van der Waals surface area contributed by atoms with E-state index in [1.165, 1.54) is 76.5 Å². The van der Waals surface area contributed by atoms with E-state index in [2.05, 4.69) is 241 Å². The first-order valence-corrected chi connectivity index (χ1v) is 22.7. The van der Waals surface area contributed by atoms with E-state index < -0.39 is 0 Å². The van der Waals surface area contributed by atoms with Gasteiger partial charge in [-0.15, -0.1) is 0 Å². The molecule has 0 aliphatic carbocycles. The van der Waals surface area contributed by atoms with Gasteiger partial charge in [0.2, 0.25) is 0 Å². The fourth-order valence-corrected chi connectivity index (χ4v) is 10.4. The minimum absolute atomic E-state index is 0.872. The van der Waals surface area contributed by atoms with Crippen LogP contribution in [0.25, 0.3) is 110 Å². The van der Waals surface area contributed by atoms with E-state index in [9.17, 15) is 0 Å². The smallest absolute Gasteiger partial charge is 0.135 e. The van der Waals surface area contributed by atoms with E-state index in [0.29, 0.717) is 0 Å². The third-order valence-electron chi connectivity index (χ3n) is 13.4. The number of hydrogen-bond acceptors (Lipinski definition) is 2. The normalized spacial score (nSPS) is 11.6. The molecule has 0 fully saturated rings. The molecule has 12 aromatic carbocycles. The standard InChI is InChI=1S/C64H41NO/c1-3-17-44(18-4-1)63-57-25-10-9-23-53(57)55-38-33-46(40-59(55)64(63)45-19-5-2-6-20-45)51-22-11-13-28-60(51)65(48-36-39-62-58(41-48)56-24-12-14-29-61(56)66-62)47-34-30-43(31-35-47)50-26-15-27-52-49-21-8-7-16-42(49)32-37-54(50)52/h1-41H. The Hall–Kier alpha value is -8.72. The molecule has 1 aromatic heterocycles. The van der Waals surface area contributed by atoms with Crippen molar-refractivity contribution in [3.05, 3.63) is 249 Å². The highest BCUT2D eigenvalue weighted by Gasteiger charge is 2.22. The van der Waals surface area contributed by atoms with Crippen LogP contribution in [0.5, 0.6) is 0 Å². The first-order chi connectivity index (χ1) is 32.7. The van der Waals surface area contributed by atoms with Crippen molar-refractivity contribution in [2.45, 2.75) is 0 Å². The van der Waals surface area contributed by atoms with Crippen molar-refractivity contribution in [3.8, 4) is 44.5 Å². The lowest BCUT2D eigenvalue weighted by molar-refractivity contribution is 0.669. The van der Waals surface area contributed by atoms with Crippen LogP contribution in [-0.4, -0.2) is 0 Å². The Balaban J connectivity index is 1.03. The Morgan fingerprint density at radius 1 is 0.258 bits per heavy atom. The maximum Gasteiger partial charge on any atom is 0.135 e. The third kappa shape index (κ3) is 6.18. The summed E-state index contributed by atoms with van der Waals surface area (Å²) in [5.74, 6) is 0. The van der Waals surface area contributed by atoms with Crippen molar-refractivity contribution < 1.29 is 4.42 Å². The zero-order valence-corrected chi connectivity index (χ0v) is 36.0. The molecule has 308 valence electrons. The van der Waals surface area contributed by atoms with Crippen molar-refractivity contribution in [1.29, 1.82) is 0 Å². The summed E-state index contributed by atoms with van der Waals surface area (Å²) in [6.07, 6.45) is 0. The molecule has 13 aromatic rings. The second-order valence-electron chi connectivity index (χ2n) is 17.2. The molecule has 0 bridgehead atoms. The topological polar surface area (TPSA) is 16.4 Å². The number of rotatable bonds is 7. The van der Waals surface area contributed by atoms with Gasteiger partial charge in [0.05, 0.1) is 5.69 Å². The number of fused-ring (bicyclic) bond motifs is 9. The first kappa shape index (κ1) is 37.8. The lowest BCUT2D eigenvalue weighted by Gasteiger charge is -2.28. The molecule has 0 N–H and O–H groups in total. The van der Waals surface area contributed by atoms with Crippen molar-refractivity contribution in [2.24, 2.45) is 0 Å². The number of furan rings is 1. The first-order valence-electron chi connectivity index (χ1n) is 22.7. The average molecular weight is 840 g/mol. The van der Waals surface area contributed by atoms with Crippen LogP contribution in [0, 0.1) is 0 Å². The van der Waals surface area contributed by atoms with Crippen molar-refractivity contribution in [1.82, 2.24) is 0 Å². The number of benzene rings is 12. The SMILES string of the molecule is c1ccc(-c2c(-c3ccccc3)c3cc(-c4ccccc4N(c4ccc(-c5cccc6c5ccc5ccccc56)cc4)c4ccc5oc6ccccc6c5c4)ccc3c3ccccc23)cc1. The Morgan fingerprint density at radius 3 is 1.61 bits per heavy atom. The van der Waals surface area contributed by atoms with Gasteiger partial charge in [0.1, 0.15) is 11.2 Å². The summed E-state index contributed by atoms with van der Waals surface area (Å²) in [6, 6.07) is 90.4. The second-order valence-corrected chi connectivity index (χ2v) is 17.2. The van der Waals surface area contributed by atoms with Crippen LogP contribution in [0.3, 0.4) is 0 Å². The number of nitrogens with zero attached hydrogens (tertiary/aromatic N) is 1. The van der Waals surface area contributed by atoms with E-state index in [0.717, 1.165) is 50.1 Å². The average Bonchev–Trinajstić information content (AvgIpc) is 3.77. The molecule has 66 heavy (non-hydrogen) atoms. The summed E-state index contributed by atoms with van der Waals surface area (Å²) in [5, 5.41) is 12.2. The summed E-state index contributed by atoms with van der Waals surface area (Å²) in [7, 11) is 0. The molecule has 2 nitrogen and oxygen atoms in total. The molecule has 0 amide bonds. The number of anilines is 3. The molecule has 0 aliphatic rings. The lowest BCUT2D eigenvalue weighted by atomic mass is 9.84. The van der Waals surface area contributed by atoms with Gasteiger partial charge >= 0.3 is 0 Å². The monoisotopic (exact) mass is 839 g/mol. The third-order valence-corrected chi connectivity index (χ3v) is 13.4. The van der Waals surface area contributed by atoms with Crippen molar-refractivity contribution in [3.63, 3.8) is 0 Å². The summed E-state index contributed by atoms with van der Waals surface area (Å²) >= 11 is 0. The maximum atomic E-state index is 6.36. The van der Waals surface area contributed by atoms with Crippen LogP contribution in [0.1, 0.15) is 0 Å². The van der Waals surface area contributed by atoms with Gasteiger partial charge in [0.15, 0.2) is 0 Å². The highest BCUT2D eigenvalue weighted by Crippen LogP contribution is 2.48. The van der Waals surface area contributed by atoms with E-state index in [-0.39, 0.29) is 0 Å². The van der Waals surface area contributed by atoms with Crippen LogP contribution < -0.4 is 4.90 Å². The van der Waals surface area contributed by atoms with Gasteiger partial charge in [-0.25, -0.2) is 0 Å². The molecular formula is C64H41NO. The summed E-state index contributed by atoms with van der Waals surface area (Å²) < 4.78 is 6.36. The molecule has 0 aliphatic heterocycles. The molecular weight excluding hydrogens is 799 g/mol. The minimum Gasteiger partial charge on any atom is -0.456 e. The molecule has 0 unspecified atom stereocenters. The number of hydrogen-bond donors (Lipinski definition) is 0. The number of para-hydroxylation sites is 2. The molecule has 0 radical (unpaired) electrons. The van der Waals surface area contributed by atoms with Gasteiger partial charge < -0.3 is 9.32 Å². The predicted octanol–water partition coefficient (Wildman–Crippen LogP) is 18.3. The minimum atomic E-state index is 0.872. The molecule has 0 saturated heterocycles. The van der Waals surface area contributed by atoms with Gasteiger partial charge in [-0.1, -0.05) is 200 Å². The van der Waals surface area contributed by atoms with Crippen molar-refractivity contribution in [2.75, 3.05) is 4.90 Å². The molecule has 0 spiro atoms. The second kappa shape index (κ2) is 15.5. The van der Waals surface area contributed by atoms with E-state index >= 15 is 0 Å². The zero-order chi connectivity index (χ0) is 43.6. The maximum absolute atomic E-state index is 6.36. The van der Waals surface area contributed by atoms with Crippen LogP contribution >= 0.6 is 0 Å². The fraction of sp³-hybridized carbons (Fsp3) is 0. The zero-order valence-electron chi connectivity index (χ0n) is 36.0. The van der Waals surface area contributed by atoms with E-state index in [1.54, 1.807) is 0 Å². The lowest BCUT2D eigenvalue weighted by Crippen LogP contribution is -2.11.